The van der Waals surface area contributed by atoms with Gasteiger partial charge in [-0.1, -0.05) is 12.1 Å². The highest BCUT2D eigenvalue weighted by atomic mass is 32.2. The summed E-state index contributed by atoms with van der Waals surface area (Å²) in [6.07, 6.45) is 0.496. The van der Waals surface area contributed by atoms with Crippen molar-refractivity contribution in [2.75, 3.05) is 5.73 Å². The Morgan fingerprint density at radius 1 is 1.27 bits per heavy atom. The number of hydrogen-bond donors (Lipinski definition) is 2. The van der Waals surface area contributed by atoms with Gasteiger partial charge < -0.3 is 19.6 Å². The summed E-state index contributed by atoms with van der Waals surface area (Å²) in [4.78, 5) is 0. The number of hydrogen-bond acceptors (Lipinski definition) is 4. The van der Waals surface area contributed by atoms with E-state index in [1.54, 1.807) is 13.0 Å². The number of rotatable bonds is 4. The van der Waals surface area contributed by atoms with E-state index >= 15 is 0 Å². The first-order valence-corrected chi connectivity index (χ1v) is 8.54. The van der Waals surface area contributed by atoms with Crippen LogP contribution in [0, 0.1) is 0 Å². The van der Waals surface area contributed by atoms with Crippen molar-refractivity contribution in [1.82, 2.24) is 0 Å². The van der Waals surface area contributed by atoms with Gasteiger partial charge in [-0.3, -0.25) is 0 Å². The molecule has 0 amide bonds. The molecule has 1 heterocycles. The third-order valence-corrected chi connectivity index (χ3v) is 5.38. The third kappa shape index (κ3) is 3.37. The Morgan fingerprint density at radius 2 is 1.82 bits per heavy atom. The van der Waals surface area contributed by atoms with Gasteiger partial charge in [0.1, 0.15) is 0 Å². The summed E-state index contributed by atoms with van der Waals surface area (Å²) in [6.45, 7) is 9.70. The Bertz CT molecular complexity index is 575. The smallest absolute Gasteiger partial charge is 0.399 e. The Morgan fingerprint density at radius 3 is 2.32 bits per heavy atom. The minimum absolute atomic E-state index is 0.338. The quantitative estimate of drug-likeness (QED) is 0.500. The molecule has 0 aromatic heterocycles. The molecule has 2 atom stereocenters. The Kier molecular flexibility index (Phi) is 4.73. The van der Waals surface area contributed by atoms with Crippen LogP contribution in [0.2, 0.25) is 0 Å². The van der Waals surface area contributed by atoms with Gasteiger partial charge >= 0.3 is 7.12 Å². The molecule has 7 heteroatoms. The minimum Gasteiger partial charge on any atom is -0.399 e. The van der Waals surface area contributed by atoms with Gasteiger partial charge in [-0.25, -0.2) is 4.21 Å². The van der Waals surface area contributed by atoms with Crippen LogP contribution >= 0.6 is 0 Å². The lowest BCUT2D eigenvalue weighted by molar-refractivity contribution is 0.00578. The van der Waals surface area contributed by atoms with Crippen molar-refractivity contribution in [3.05, 3.63) is 23.8 Å². The molecule has 2 unspecified atom stereocenters. The van der Waals surface area contributed by atoms with Crippen LogP contribution in [0.3, 0.4) is 0 Å². The topological polar surface area (TPSA) is 81.8 Å². The van der Waals surface area contributed by atoms with Crippen LogP contribution in [0.5, 0.6) is 0 Å². The molecule has 1 aromatic carbocycles. The van der Waals surface area contributed by atoms with Crippen molar-refractivity contribution in [2.45, 2.75) is 57.5 Å². The second-order valence-electron chi connectivity index (χ2n) is 6.84. The van der Waals surface area contributed by atoms with Crippen molar-refractivity contribution in [2.24, 2.45) is 0 Å². The zero-order valence-electron chi connectivity index (χ0n) is 13.8. The van der Waals surface area contributed by atoms with Crippen LogP contribution < -0.4 is 11.2 Å². The maximum atomic E-state index is 11.1. The van der Waals surface area contributed by atoms with Crippen molar-refractivity contribution in [1.29, 1.82) is 0 Å². The van der Waals surface area contributed by atoms with Gasteiger partial charge in [-0.05, 0) is 52.7 Å². The molecular formula is C15H24BNO4S. The van der Waals surface area contributed by atoms with Crippen LogP contribution in [0.4, 0.5) is 5.69 Å². The van der Waals surface area contributed by atoms with E-state index in [9.17, 15) is 4.21 Å². The van der Waals surface area contributed by atoms with Crippen LogP contribution in [0.25, 0.3) is 0 Å². The molecule has 0 spiro atoms. The standard InChI is InChI=1S/C15H24BNO4S/c1-10(22(18)19)8-11-6-7-13(17)12(9-11)16-20-14(2,3)15(4,5)21-16/h6-7,9-10H,8,17H2,1-5H3,(H,18,19). The average Bonchev–Trinajstić information content (AvgIpc) is 2.60. The summed E-state index contributed by atoms with van der Waals surface area (Å²) < 4.78 is 32.3. The highest BCUT2D eigenvalue weighted by molar-refractivity contribution is 7.79. The lowest BCUT2D eigenvalue weighted by Crippen LogP contribution is -2.41. The second kappa shape index (κ2) is 5.96. The fourth-order valence-corrected chi connectivity index (χ4v) is 2.66. The molecule has 0 radical (unpaired) electrons. The van der Waals surface area contributed by atoms with Gasteiger partial charge in [0, 0.05) is 11.2 Å². The maximum Gasteiger partial charge on any atom is 0.496 e. The summed E-state index contributed by atoms with van der Waals surface area (Å²) in [7, 11) is -0.528. The summed E-state index contributed by atoms with van der Waals surface area (Å²) >= 11 is -1.84. The number of anilines is 1. The molecule has 0 saturated carbocycles. The predicted octanol–water partition coefficient (Wildman–Crippen LogP) is 1.72. The van der Waals surface area contributed by atoms with Crippen molar-refractivity contribution in [3.63, 3.8) is 0 Å². The molecule has 1 aliphatic heterocycles. The lowest BCUT2D eigenvalue weighted by atomic mass is 9.77. The SMILES string of the molecule is CC(Cc1ccc(N)c(B2OC(C)(C)C(C)(C)O2)c1)S(=O)O. The summed E-state index contributed by atoms with van der Waals surface area (Å²) in [5.74, 6) is 0. The summed E-state index contributed by atoms with van der Waals surface area (Å²) in [5, 5.41) is -0.338. The molecule has 1 fully saturated rings. The van der Waals surface area contributed by atoms with E-state index in [1.807, 2.05) is 39.8 Å². The number of nitrogens with two attached hydrogens (primary N) is 1. The normalized spacial score (nSPS) is 22.5. The van der Waals surface area contributed by atoms with Crippen molar-refractivity contribution in [3.8, 4) is 0 Å². The van der Waals surface area contributed by atoms with Crippen LogP contribution in [-0.4, -0.2) is 32.3 Å². The van der Waals surface area contributed by atoms with Gasteiger partial charge in [0.15, 0.2) is 11.1 Å². The largest absolute Gasteiger partial charge is 0.496 e. The molecule has 2 rings (SSSR count). The monoisotopic (exact) mass is 325 g/mol. The first-order chi connectivity index (χ1) is 10.0. The van der Waals surface area contributed by atoms with Gasteiger partial charge in [0.05, 0.1) is 16.5 Å². The first-order valence-electron chi connectivity index (χ1n) is 7.37. The molecule has 3 N–H and O–H groups in total. The minimum atomic E-state index is -1.84. The fourth-order valence-electron chi connectivity index (χ4n) is 2.33. The zero-order chi connectivity index (χ0) is 16.7. The lowest BCUT2D eigenvalue weighted by Gasteiger charge is -2.32. The number of benzene rings is 1. The van der Waals surface area contributed by atoms with E-state index in [0.717, 1.165) is 11.0 Å². The number of nitrogen functional groups attached to an aromatic ring is 1. The molecule has 0 bridgehead atoms. The highest BCUT2D eigenvalue weighted by Gasteiger charge is 2.52. The zero-order valence-corrected chi connectivity index (χ0v) is 14.6. The van der Waals surface area contributed by atoms with E-state index in [0.29, 0.717) is 12.1 Å². The summed E-state index contributed by atoms with van der Waals surface area (Å²) in [5.41, 5.74) is 7.51. The van der Waals surface area contributed by atoms with E-state index in [1.165, 1.54) is 0 Å². The first kappa shape index (κ1) is 17.5. The van der Waals surface area contributed by atoms with E-state index in [-0.39, 0.29) is 5.25 Å². The maximum absolute atomic E-state index is 11.1. The fraction of sp³-hybridized carbons (Fsp3) is 0.600. The van der Waals surface area contributed by atoms with Gasteiger partial charge in [0.2, 0.25) is 0 Å². The van der Waals surface area contributed by atoms with Crippen LogP contribution in [0.15, 0.2) is 18.2 Å². The van der Waals surface area contributed by atoms with Gasteiger partial charge in [-0.2, -0.15) is 0 Å². The Balaban J connectivity index is 2.27. The molecule has 1 saturated heterocycles. The van der Waals surface area contributed by atoms with E-state index < -0.39 is 29.4 Å². The van der Waals surface area contributed by atoms with Gasteiger partial charge in [0.25, 0.3) is 0 Å². The molecule has 22 heavy (non-hydrogen) atoms. The van der Waals surface area contributed by atoms with Gasteiger partial charge in [-0.15, -0.1) is 0 Å². The molecule has 0 aliphatic carbocycles. The second-order valence-corrected chi connectivity index (χ2v) is 8.20. The third-order valence-electron chi connectivity index (χ3n) is 4.53. The van der Waals surface area contributed by atoms with Crippen molar-refractivity contribution >= 4 is 29.3 Å². The highest BCUT2D eigenvalue weighted by Crippen LogP contribution is 2.36. The predicted molar refractivity (Wildman–Crippen MR) is 90.5 cm³/mol. The Hall–Kier alpha value is -0.885. The van der Waals surface area contributed by atoms with Crippen LogP contribution in [-0.2, 0) is 26.8 Å². The van der Waals surface area contributed by atoms with Crippen LogP contribution in [0.1, 0.15) is 40.2 Å². The molecule has 1 aromatic rings. The molecule has 1 aliphatic rings. The molecule has 5 nitrogen and oxygen atoms in total. The summed E-state index contributed by atoms with van der Waals surface area (Å²) in [6, 6.07) is 5.57. The average molecular weight is 325 g/mol. The van der Waals surface area contributed by atoms with Crippen molar-refractivity contribution < 1.29 is 18.1 Å². The Labute approximate surface area is 135 Å². The molecular weight excluding hydrogens is 301 g/mol. The van der Waals surface area contributed by atoms with E-state index in [2.05, 4.69) is 0 Å². The molecule has 122 valence electrons. The van der Waals surface area contributed by atoms with E-state index in [4.69, 9.17) is 19.6 Å².